The first kappa shape index (κ1) is 23.2. The fourth-order valence-corrected chi connectivity index (χ4v) is 4.08. The van der Waals surface area contributed by atoms with Gasteiger partial charge in [0, 0.05) is 44.7 Å². The van der Waals surface area contributed by atoms with E-state index in [1.165, 1.54) is 25.7 Å². The molecule has 0 bridgehead atoms. The third-order valence-electron chi connectivity index (χ3n) is 5.79. The largest absolute Gasteiger partial charge is 0.340 e. The Hall–Kier alpha value is -0.810. The van der Waals surface area contributed by atoms with Crippen LogP contribution in [-0.4, -0.2) is 47.9 Å². The van der Waals surface area contributed by atoms with Crippen LogP contribution in [0.25, 0.3) is 0 Å². The van der Waals surface area contributed by atoms with E-state index in [4.69, 9.17) is 5.73 Å². The Bertz CT molecular complexity index is 527. The van der Waals surface area contributed by atoms with Crippen LogP contribution < -0.4 is 5.73 Å². The summed E-state index contributed by atoms with van der Waals surface area (Å²) in [6.07, 6.45) is 5.78. The van der Waals surface area contributed by atoms with Crippen molar-refractivity contribution in [3.63, 3.8) is 0 Å². The summed E-state index contributed by atoms with van der Waals surface area (Å²) >= 11 is 0. The zero-order chi connectivity index (χ0) is 16.9. The second-order valence-electron chi connectivity index (χ2n) is 7.55. The minimum absolute atomic E-state index is 0. The van der Waals surface area contributed by atoms with Crippen molar-refractivity contribution in [3.8, 4) is 0 Å². The quantitative estimate of drug-likeness (QED) is 0.837. The van der Waals surface area contributed by atoms with Crippen molar-refractivity contribution in [2.45, 2.75) is 51.1 Å². The molecule has 3 rings (SSSR count). The summed E-state index contributed by atoms with van der Waals surface area (Å²) in [5.41, 5.74) is 7.24. The Kier molecular flexibility index (Phi) is 9.94. The van der Waals surface area contributed by atoms with Crippen molar-refractivity contribution in [1.29, 1.82) is 0 Å². The van der Waals surface area contributed by atoms with Gasteiger partial charge in [-0.3, -0.25) is 9.69 Å². The van der Waals surface area contributed by atoms with Crippen LogP contribution >= 0.6 is 24.8 Å². The number of amides is 1. The van der Waals surface area contributed by atoms with Gasteiger partial charge in [0.25, 0.3) is 0 Å². The van der Waals surface area contributed by atoms with Crippen molar-refractivity contribution in [1.82, 2.24) is 9.80 Å². The van der Waals surface area contributed by atoms with E-state index in [0.29, 0.717) is 6.42 Å². The number of piperazine rings is 1. The van der Waals surface area contributed by atoms with Crippen molar-refractivity contribution < 1.29 is 4.79 Å². The molecule has 1 saturated carbocycles. The highest BCUT2D eigenvalue weighted by molar-refractivity contribution is 5.85. The fraction of sp³-hybridized carbons (Fsp3) is 0.650. The van der Waals surface area contributed by atoms with Crippen LogP contribution in [0, 0.1) is 5.92 Å². The number of nitrogens with two attached hydrogens (primary N) is 1. The Morgan fingerprint density at radius 2 is 1.62 bits per heavy atom. The van der Waals surface area contributed by atoms with Gasteiger partial charge in [0.2, 0.25) is 5.91 Å². The van der Waals surface area contributed by atoms with Gasteiger partial charge in [-0.15, -0.1) is 24.8 Å². The van der Waals surface area contributed by atoms with Crippen LogP contribution in [0.5, 0.6) is 0 Å². The molecule has 0 radical (unpaired) electrons. The van der Waals surface area contributed by atoms with Gasteiger partial charge in [-0.05, 0) is 37.2 Å². The minimum atomic E-state index is -0.198. The van der Waals surface area contributed by atoms with Crippen LogP contribution in [0.15, 0.2) is 30.3 Å². The van der Waals surface area contributed by atoms with E-state index in [1.54, 1.807) is 0 Å². The van der Waals surface area contributed by atoms with Crippen molar-refractivity contribution in [2.24, 2.45) is 11.7 Å². The Balaban J connectivity index is 0.00000169. The topological polar surface area (TPSA) is 49.6 Å². The molecule has 1 saturated heterocycles. The van der Waals surface area contributed by atoms with Crippen LogP contribution in [-0.2, 0) is 4.79 Å². The van der Waals surface area contributed by atoms with Crippen LogP contribution in [0.1, 0.15) is 50.6 Å². The lowest BCUT2D eigenvalue weighted by atomic mass is 9.86. The van der Waals surface area contributed by atoms with E-state index in [9.17, 15) is 4.79 Å². The fourth-order valence-electron chi connectivity index (χ4n) is 4.08. The number of carbonyl (C=O) groups excluding carboxylic acids is 1. The maximum Gasteiger partial charge on any atom is 0.224 e. The Labute approximate surface area is 170 Å². The molecule has 1 aromatic rings. The van der Waals surface area contributed by atoms with E-state index in [-0.39, 0.29) is 36.8 Å². The second-order valence-corrected chi connectivity index (χ2v) is 7.55. The van der Waals surface area contributed by atoms with E-state index >= 15 is 0 Å². The van der Waals surface area contributed by atoms with Gasteiger partial charge < -0.3 is 10.6 Å². The molecule has 1 atom stereocenters. The number of benzene rings is 1. The molecular formula is C20H33Cl2N3O. The molecule has 0 spiro atoms. The third-order valence-corrected chi connectivity index (χ3v) is 5.79. The van der Waals surface area contributed by atoms with Gasteiger partial charge >= 0.3 is 0 Å². The van der Waals surface area contributed by atoms with Crippen molar-refractivity contribution in [2.75, 3.05) is 26.2 Å². The summed E-state index contributed by atoms with van der Waals surface area (Å²) in [5.74, 6) is 1.09. The average Bonchev–Trinajstić information content (AvgIpc) is 2.63. The molecule has 1 amide bonds. The molecule has 1 unspecified atom stereocenters. The van der Waals surface area contributed by atoms with Gasteiger partial charge in [-0.25, -0.2) is 0 Å². The Morgan fingerprint density at radius 3 is 2.19 bits per heavy atom. The van der Waals surface area contributed by atoms with Gasteiger partial charge in [-0.1, -0.05) is 37.3 Å². The third kappa shape index (κ3) is 6.12. The molecule has 1 heterocycles. The van der Waals surface area contributed by atoms with Crippen molar-refractivity contribution >= 4 is 30.7 Å². The number of hydrogen-bond acceptors (Lipinski definition) is 3. The molecule has 2 aliphatic rings. The predicted octanol–water partition coefficient (Wildman–Crippen LogP) is 3.64. The lowest BCUT2D eigenvalue weighted by Crippen LogP contribution is -2.52. The number of halogens is 2. The summed E-state index contributed by atoms with van der Waals surface area (Å²) in [7, 11) is 0. The molecule has 2 N–H and O–H groups in total. The van der Waals surface area contributed by atoms with Crippen LogP contribution in [0.4, 0.5) is 0 Å². The SMILES string of the molecule is CC1CCC(N2CCN(C(=O)CC(N)c3ccccc3)CC2)CC1.Cl.Cl. The molecule has 0 aromatic heterocycles. The normalized spacial score (nSPS) is 24.9. The molecule has 4 nitrogen and oxygen atoms in total. The van der Waals surface area contributed by atoms with Crippen molar-refractivity contribution in [3.05, 3.63) is 35.9 Å². The number of rotatable bonds is 4. The monoisotopic (exact) mass is 401 g/mol. The average molecular weight is 402 g/mol. The first-order valence-corrected chi connectivity index (χ1v) is 9.46. The molecule has 148 valence electrons. The minimum Gasteiger partial charge on any atom is -0.340 e. The summed E-state index contributed by atoms with van der Waals surface area (Å²) in [6.45, 7) is 6.11. The first-order valence-electron chi connectivity index (χ1n) is 9.46. The number of nitrogens with zero attached hydrogens (tertiary/aromatic N) is 2. The summed E-state index contributed by atoms with van der Waals surface area (Å²) < 4.78 is 0. The number of carbonyl (C=O) groups is 1. The van der Waals surface area contributed by atoms with Gasteiger partial charge in [-0.2, -0.15) is 0 Å². The lowest BCUT2D eigenvalue weighted by molar-refractivity contribution is -0.133. The van der Waals surface area contributed by atoms with Gasteiger partial charge in [0.1, 0.15) is 0 Å². The molecular weight excluding hydrogens is 369 g/mol. The predicted molar refractivity (Wildman–Crippen MR) is 112 cm³/mol. The lowest BCUT2D eigenvalue weighted by Gasteiger charge is -2.41. The molecule has 1 aliphatic carbocycles. The highest BCUT2D eigenvalue weighted by Crippen LogP contribution is 2.27. The number of hydrogen-bond donors (Lipinski definition) is 1. The first-order chi connectivity index (χ1) is 11.6. The van der Waals surface area contributed by atoms with E-state index in [1.807, 2.05) is 35.2 Å². The summed E-state index contributed by atoms with van der Waals surface area (Å²) in [6, 6.07) is 10.5. The molecule has 26 heavy (non-hydrogen) atoms. The summed E-state index contributed by atoms with van der Waals surface area (Å²) in [4.78, 5) is 17.1. The van der Waals surface area contributed by atoms with E-state index in [0.717, 1.165) is 43.7 Å². The molecule has 2 fully saturated rings. The maximum absolute atomic E-state index is 12.5. The van der Waals surface area contributed by atoms with E-state index in [2.05, 4.69) is 11.8 Å². The summed E-state index contributed by atoms with van der Waals surface area (Å²) in [5, 5.41) is 0. The second kappa shape index (κ2) is 11.1. The highest BCUT2D eigenvalue weighted by atomic mass is 35.5. The standard InChI is InChI=1S/C20H31N3O.2ClH/c1-16-7-9-18(10-8-16)22-11-13-23(14-12-22)20(24)15-19(21)17-5-3-2-4-6-17;;/h2-6,16,18-19H,7-15,21H2,1H3;2*1H. The van der Waals surface area contributed by atoms with E-state index < -0.39 is 0 Å². The van der Waals surface area contributed by atoms with Gasteiger partial charge in [0.05, 0.1) is 0 Å². The maximum atomic E-state index is 12.5. The molecule has 1 aromatic carbocycles. The van der Waals surface area contributed by atoms with Gasteiger partial charge in [0.15, 0.2) is 0 Å². The zero-order valence-electron chi connectivity index (χ0n) is 15.7. The zero-order valence-corrected chi connectivity index (χ0v) is 17.3. The highest BCUT2D eigenvalue weighted by Gasteiger charge is 2.28. The van der Waals surface area contributed by atoms with Crippen LogP contribution in [0.2, 0.25) is 0 Å². The smallest absolute Gasteiger partial charge is 0.224 e. The Morgan fingerprint density at radius 1 is 1.04 bits per heavy atom. The molecule has 1 aliphatic heterocycles. The molecule has 6 heteroatoms. The van der Waals surface area contributed by atoms with Crippen LogP contribution in [0.3, 0.4) is 0 Å².